The molecule has 23 heavy (non-hydrogen) atoms. The molecule has 3 nitrogen and oxygen atoms in total. The highest BCUT2D eigenvalue weighted by molar-refractivity contribution is 5.85. The fourth-order valence-corrected chi connectivity index (χ4v) is 4.34. The third-order valence-corrected chi connectivity index (χ3v) is 6.22. The van der Waals surface area contributed by atoms with Crippen LogP contribution < -0.4 is 10.6 Å². The lowest BCUT2D eigenvalue weighted by Crippen LogP contribution is -2.42. The number of hydrogen-bond donors (Lipinski definition) is 2. The van der Waals surface area contributed by atoms with E-state index in [0.717, 1.165) is 19.0 Å². The maximum absolute atomic E-state index is 12.4. The van der Waals surface area contributed by atoms with E-state index in [2.05, 4.69) is 31.4 Å². The van der Waals surface area contributed by atoms with Crippen molar-refractivity contribution in [3.05, 3.63) is 0 Å². The van der Waals surface area contributed by atoms with Crippen molar-refractivity contribution in [3.8, 4) is 0 Å². The van der Waals surface area contributed by atoms with Crippen LogP contribution in [0.1, 0.15) is 72.1 Å². The van der Waals surface area contributed by atoms with E-state index in [1.165, 1.54) is 44.9 Å². The van der Waals surface area contributed by atoms with Crippen molar-refractivity contribution >= 4 is 18.3 Å². The molecular weight excluding hydrogens is 308 g/mol. The summed E-state index contributed by atoms with van der Waals surface area (Å²) >= 11 is 0. The highest BCUT2D eigenvalue weighted by Crippen LogP contribution is 2.31. The molecule has 0 aromatic heterocycles. The average Bonchev–Trinajstić information content (AvgIpc) is 2.55. The van der Waals surface area contributed by atoms with E-state index in [4.69, 9.17) is 0 Å². The average molecular weight is 345 g/mol. The van der Waals surface area contributed by atoms with Gasteiger partial charge in [0, 0.05) is 12.5 Å². The first kappa shape index (κ1) is 20.8. The monoisotopic (exact) mass is 344 g/mol. The number of piperidine rings is 1. The van der Waals surface area contributed by atoms with Gasteiger partial charge in [-0.3, -0.25) is 4.79 Å². The Balaban J connectivity index is 0.00000264. The number of rotatable bonds is 6. The van der Waals surface area contributed by atoms with Gasteiger partial charge in [0.15, 0.2) is 0 Å². The Labute approximate surface area is 149 Å². The van der Waals surface area contributed by atoms with Crippen molar-refractivity contribution < 1.29 is 4.79 Å². The van der Waals surface area contributed by atoms with Gasteiger partial charge in [-0.05, 0) is 56.5 Å². The highest BCUT2D eigenvalue weighted by Gasteiger charge is 2.27. The van der Waals surface area contributed by atoms with Crippen molar-refractivity contribution in [1.82, 2.24) is 10.6 Å². The van der Waals surface area contributed by atoms with Crippen LogP contribution in [0, 0.1) is 23.7 Å². The fraction of sp³-hybridized carbons (Fsp3) is 0.947. The molecule has 4 unspecified atom stereocenters. The van der Waals surface area contributed by atoms with Gasteiger partial charge < -0.3 is 10.6 Å². The van der Waals surface area contributed by atoms with Crippen LogP contribution in [-0.4, -0.2) is 25.0 Å². The zero-order chi connectivity index (χ0) is 15.9. The first-order valence-corrected chi connectivity index (χ1v) is 9.58. The van der Waals surface area contributed by atoms with Crippen LogP contribution >= 0.6 is 12.4 Å². The molecule has 2 aliphatic rings. The number of carbonyl (C=O) groups is 1. The summed E-state index contributed by atoms with van der Waals surface area (Å²) in [5.41, 5.74) is 0. The molecule has 0 bridgehead atoms. The lowest BCUT2D eigenvalue weighted by atomic mass is 9.78. The highest BCUT2D eigenvalue weighted by atomic mass is 35.5. The van der Waals surface area contributed by atoms with Gasteiger partial charge in [-0.25, -0.2) is 0 Å². The van der Waals surface area contributed by atoms with Gasteiger partial charge in [0.25, 0.3) is 0 Å². The zero-order valence-electron chi connectivity index (χ0n) is 15.3. The first-order valence-electron chi connectivity index (χ1n) is 9.58. The second-order valence-electron chi connectivity index (χ2n) is 7.90. The Hall–Kier alpha value is -0.280. The lowest BCUT2D eigenvalue weighted by Gasteiger charge is -2.33. The molecule has 1 aliphatic carbocycles. The maximum Gasteiger partial charge on any atom is 0.220 e. The van der Waals surface area contributed by atoms with Gasteiger partial charge >= 0.3 is 0 Å². The summed E-state index contributed by atoms with van der Waals surface area (Å²) in [6.07, 6.45) is 10.1. The number of amides is 1. The molecule has 2 rings (SSSR count). The van der Waals surface area contributed by atoms with Gasteiger partial charge in [-0.1, -0.05) is 46.0 Å². The molecule has 1 saturated carbocycles. The minimum atomic E-state index is 0. The van der Waals surface area contributed by atoms with Crippen LogP contribution in [0.5, 0.6) is 0 Å². The first-order chi connectivity index (χ1) is 10.6. The Morgan fingerprint density at radius 2 is 1.70 bits per heavy atom. The minimum Gasteiger partial charge on any atom is -0.353 e. The third kappa shape index (κ3) is 6.62. The van der Waals surface area contributed by atoms with Crippen LogP contribution in [0.25, 0.3) is 0 Å². The number of hydrogen-bond acceptors (Lipinski definition) is 2. The molecule has 1 aliphatic heterocycles. The predicted molar refractivity (Wildman–Crippen MR) is 100.0 cm³/mol. The number of halogens is 1. The summed E-state index contributed by atoms with van der Waals surface area (Å²) in [5.74, 6) is 2.84. The van der Waals surface area contributed by atoms with E-state index in [1.807, 2.05) is 0 Å². The third-order valence-electron chi connectivity index (χ3n) is 6.22. The van der Waals surface area contributed by atoms with Gasteiger partial charge in [-0.15, -0.1) is 12.4 Å². The van der Waals surface area contributed by atoms with Gasteiger partial charge in [0.05, 0.1) is 0 Å². The molecule has 4 heteroatoms. The Morgan fingerprint density at radius 1 is 1.04 bits per heavy atom. The van der Waals surface area contributed by atoms with Crippen LogP contribution in [0.3, 0.4) is 0 Å². The second-order valence-corrected chi connectivity index (χ2v) is 7.90. The molecular formula is C19H37ClN2O. The van der Waals surface area contributed by atoms with E-state index >= 15 is 0 Å². The van der Waals surface area contributed by atoms with Crippen molar-refractivity contribution in [2.75, 3.05) is 13.1 Å². The molecule has 1 saturated heterocycles. The summed E-state index contributed by atoms with van der Waals surface area (Å²) < 4.78 is 0. The van der Waals surface area contributed by atoms with E-state index < -0.39 is 0 Å². The van der Waals surface area contributed by atoms with Crippen LogP contribution in [-0.2, 0) is 4.79 Å². The molecule has 2 N–H and O–H groups in total. The standard InChI is InChI=1S/C19H36N2O.ClH/c1-14(18-10-7-11-20-13-18)12-19(22)21-16(3)15(2)17-8-5-4-6-9-17;/h14-18,20H,4-13H2,1-3H3,(H,21,22);1H. The normalized spacial score (nSPS) is 26.7. The Kier molecular flexibility index (Phi) is 9.53. The van der Waals surface area contributed by atoms with Crippen molar-refractivity contribution in [3.63, 3.8) is 0 Å². The molecule has 2 fully saturated rings. The smallest absolute Gasteiger partial charge is 0.220 e. The largest absolute Gasteiger partial charge is 0.353 e. The van der Waals surface area contributed by atoms with Crippen LogP contribution in [0.15, 0.2) is 0 Å². The topological polar surface area (TPSA) is 41.1 Å². The number of carbonyl (C=O) groups excluding carboxylic acids is 1. The van der Waals surface area contributed by atoms with Crippen molar-refractivity contribution in [1.29, 1.82) is 0 Å². The molecule has 136 valence electrons. The van der Waals surface area contributed by atoms with Gasteiger partial charge in [0.1, 0.15) is 0 Å². The minimum absolute atomic E-state index is 0. The van der Waals surface area contributed by atoms with E-state index in [0.29, 0.717) is 30.2 Å². The predicted octanol–water partition coefficient (Wildman–Crippen LogP) is 4.16. The molecule has 0 spiro atoms. The molecule has 4 atom stereocenters. The van der Waals surface area contributed by atoms with Crippen LogP contribution in [0.2, 0.25) is 0 Å². The SMILES string of the molecule is CC(CC(=O)NC(C)C(C)C1CCCCC1)C1CCCNC1.Cl. The van der Waals surface area contributed by atoms with E-state index in [9.17, 15) is 4.79 Å². The molecule has 1 amide bonds. The molecule has 0 aromatic rings. The van der Waals surface area contributed by atoms with Crippen LogP contribution in [0.4, 0.5) is 0 Å². The fourth-order valence-electron chi connectivity index (χ4n) is 4.34. The summed E-state index contributed by atoms with van der Waals surface area (Å²) in [6.45, 7) is 9.00. The van der Waals surface area contributed by atoms with E-state index in [-0.39, 0.29) is 18.3 Å². The van der Waals surface area contributed by atoms with E-state index in [1.54, 1.807) is 0 Å². The molecule has 0 radical (unpaired) electrons. The maximum atomic E-state index is 12.4. The van der Waals surface area contributed by atoms with Gasteiger partial charge in [-0.2, -0.15) is 0 Å². The summed E-state index contributed by atoms with van der Waals surface area (Å²) in [4.78, 5) is 12.4. The van der Waals surface area contributed by atoms with Gasteiger partial charge in [0.2, 0.25) is 5.91 Å². The molecule has 0 aromatic carbocycles. The zero-order valence-corrected chi connectivity index (χ0v) is 16.1. The Bertz CT molecular complexity index is 338. The Morgan fingerprint density at radius 3 is 2.30 bits per heavy atom. The van der Waals surface area contributed by atoms with Crippen molar-refractivity contribution in [2.45, 2.75) is 78.2 Å². The summed E-state index contributed by atoms with van der Waals surface area (Å²) in [7, 11) is 0. The summed E-state index contributed by atoms with van der Waals surface area (Å²) in [5, 5.41) is 6.75. The lowest BCUT2D eigenvalue weighted by molar-refractivity contribution is -0.123. The number of nitrogens with one attached hydrogen (secondary N) is 2. The van der Waals surface area contributed by atoms with Crippen molar-refractivity contribution in [2.24, 2.45) is 23.7 Å². The summed E-state index contributed by atoms with van der Waals surface area (Å²) in [6, 6.07) is 0.312. The quantitative estimate of drug-likeness (QED) is 0.759. The second kappa shape index (κ2) is 10.6. The molecule has 1 heterocycles.